The second kappa shape index (κ2) is 15.0. The van der Waals surface area contributed by atoms with Crippen LogP contribution in [0.25, 0.3) is 0 Å². The summed E-state index contributed by atoms with van der Waals surface area (Å²) in [4.78, 5) is 29.2. The fourth-order valence-electron chi connectivity index (χ4n) is 5.35. The molecule has 1 aliphatic rings. The van der Waals surface area contributed by atoms with Crippen LogP contribution in [0.3, 0.4) is 0 Å². The predicted octanol–water partition coefficient (Wildman–Crippen LogP) is 6.07. The normalized spacial score (nSPS) is 14.1. The van der Waals surface area contributed by atoms with Gasteiger partial charge in [-0.3, -0.25) is 13.9 Å². The van der Waals surface area contributed by atoms with E-state index < -0.39 is 28.5 Å². The number of sulfonamides is 1. The van der Waals surface area contributed by atoms with Crippen LogP contribution in [-0.2, 0) is 26.2 Å². The number of amides is 2. The van der Waals surface area contributed by atoms with Crippen LogP contribution in [0, 0.1) is 0 Å². The molecule has 1 saturated carbocycles. The number of nitrogens with zero attached hydrogens (tertiary/aromatic N) is 2. The highest BCUT2D eigenvalue weighted by Gasteiger charge is 2.35. The standard InChI is InChI=1S/C32H37Cl2N3O6S/c1-4-28(32(39)35-23-10-8-9-11-23)36(20-22-14-16-26(33)27(34)18-22)31(38)21-37(24-12-6-5-7-13-24)44(40,41)25-15-17-29(42-2)30(19-25)43-3/h5-7,12-19,23,28H,4,8-11,20-21H2,1-3H3,(H,35,39)/t28-/m1/s1. The number of carbonyl (C=O) groups excluding carboxylic acids is 2. The number of rotatable bonds is 13. The second-order valence-corrected chi connectivity index (χ2v) is 13.2. The van der Waals surface area contributed by atoms with Crippen molar-refractivity contribution in [2.45, 2.75) is 62.6 Å². The van der Waals surface area contributed by atoms with Crippen molar-refractivity contribution in [2.75, 3.05) is 25.1 Å². The van der Waals surface area contributed by atoms with Crippen LogP contribution >= 0.6 is 23.2 Å². The van der Waals surface area contributed by atoms with Gasteiger partial charge in [-0.1, -0.05) is 67.2 Å². The molecule has 0 heterocycles. The summed E-state index contributed by atoms with van der Waals surface area (Å²) in [5.74, 6) is -0.247. The first-order valence-electron chi connectivity index (χ1n) is 14.4. The lowest BCUT2D eigenvalue weighted by Crippen LogP contribution is -2.53. The van der Waals surface area contributed by atoms with E-state index >= 15 is 0 Å². The van der Waals surface area contributed by atoms with Gasteiger partial charge >= 0.3 is 0 Å². The highest BCUT2D eigenvalue weighted by Crippen LogP contribution is 2.32. The van der Waals surface area contributed by atoms with Crippen molar-refractivity contribution in [3.8, 4) is 11.5 Å². The summed E-state index contributed by atoms with van der Waals surface area (Å²) in [6.07, 6.45) is 4.16. The third kappa shape index (κ3) is 7.78. The molecule has 0 bridgehead atoms. The predicted molar refractivity (Wildman–Crippen MR) is 172 cm³/mol. The Morgan fingerprint density at radius 1 is 0.932 bits per heavy atom. The number of carbonyl (C=O) groups is 2. The van der Waals surface area contributed by atoms with Gasteiger partial charge in [0, 0.05) is 18.7 Å². The van der Waals surface area contributed by atoms with Crippen LogP contribution in [0.1, 0.15) is 44.6 Å². The topological polar surface area (TPSA) is 105 Å². The molecule has 3 aromatic carbocycles. The fraction of sp³-hybridized carbons (Fsp3) is 0.375. The van der Waals surface area contributed by atoms with Crippen molar-refractivity contribution in [3.05, 3.63) is 82.3 Å². The molecule has 3 aromatic rings. The van der Waals surface area contributed by atoms with Crippen molar-refractivity contribution < 1.29 is 27.5 Å². The Labute approximate surface area is 269 Å². The van der Waals surface area contributed by atoms with Crippen LogP contribution in [0.4, 0.5) is 5.69 Å². The largest absolute Gasteiger partial charge is 0.493 e. The maximum absolute atomic E-state index is 14.3. The summed E-state index contributed by atoms with van der Waals surface area (Å²) in [5, 5.41) is 3.76. The average Bonchev–Trinajstić information content (AvgIpc) is 3.54. The number of halogens is 2. The Kier molecular flexibility index (Phi) is 11.4. The van der Waals surface area contributed by atoms with Crippen molar-refractivity contribution in [2.24, 2.45) is 0 Å². The lowest BCUT2D eigenvalue weighted by atomic mass is 10.1. The Hall–Kier alpha value is -3.47. The molecule has 12 heteroatoms. The van der Waals surface area contributed by atoms with E-state index in [-0.39, 0.29) is 34.8 Å². The maximum atomic E-state index is 14.3. The SMILES string of the molecule is CC[C@H](C(=O)NC1CCCC1)N(Cc1ccc(Cl)c(Cl)c1)C(=O)CN(c1ccccc1)S(=O)(=O)c1ccc(OC)c(OC)c1. The number of ether oxygens (including phenoxy) is 2. The Balaban J connectivity index is 1.73. The van der Waals surface area contributed by atoms with E-state index in [9.17, 15) is 18.0 Å². The van der Waals surface area contributed by atoms with Gasteiger partial charge in [0.2, 0.25) is 11.8 Å². The lowest BCUT2D eigenvalue weighted by molar-refractivity contribution is -0.140. The number of methoxy groups -OCH3 is 2. The molecular formula is C32H37Cl2N3O6S. The van der Waals surface area contributed by atoms with E-state index in [0.717, 1.165) is 30.0 Å². The smallest absolute Gasteiger partial charge is 0.264 e. The van der Waals surface area contributed by atoms with Gasteiger partial charge in [-0.2, -0.15) is 0 Å². The van der Waals surface area contributed by atoms with Crippen LogP contribution < -0.4 is 19.1 Å². The monoisotopic (exact) mass is 661 g/mol. The van der Waals surface area contributed by atoms with Crippen LogP contribution in [0.2, 0.25) is 10.0 Å². The molecule has 0 aromatic heterocycles. The zero-order valence-electron chi connectivity index (χ0n) is 25.0. The molecule has 2 amide bonds. The van der Waals surface area contributed by atoms with Gasteiger partial charge < -0.3 is 19.7 Å². The highest BCUT2D eigenvalue weighted by molar-refractivity contribution is 7.92. The minimum atomic E-state index is -4.29. The van der Waals surface area contributed by atoms with E-state index in [1.54, 1.807) is 48.5 Å². The minimum absolute atomic E-state index is 0.0192. The molecule has 44 heavy (non-hydrogen) atoms. The second-order valence-electron chi connectivity index (χ2n) is 10.5. The number of hydrogen-bond donors (Lipinski definition) is 1. The summed E-state index contributed by atoms with van der Waals surface area (Å²) in [5.41, 5.74) is 0.933. The van der Waals surface area contributed by atoms with Gasteiger partial charge in [0.05, 0.1) is 34.8 Å². The van der Waals surface area contributed by atoms with Crippen molar-refractivity contribution in [3.63, 3.8) is 0 Å². The maximum Gasteiger partial charge on any atom is 0.264 e. The molecule has 0 radical (unpaired) electrons. The molecule has 4 rings (SSSR count). The van der Waals surface area contributed by atoms with E-state index in [4.69, 9.17) is 32.7 Å². The molecule has 1 fully saturated rings. The van der Waals surface area contributed by atoms with Gasteiger partial charge in [0.25, 0.3) is 10.0 Å². The molecule has 0 saturated heterocycles. The van der Waals surface area contributed by atoms with Gasteiger partial charge in [-0.05, 0) is 61.2 Å². The van der Waals surface area contributed by atoms with Crippen molar-refractivity contribution in [1.82, 2.24) is 10.2 Å². The molecule has 1 aliphatic carbocycles. The summed E-state index contributed by atoms with van der Waals surface area (Å²) in [6.45, 7) is 1.28. The van der Waals surface area contributed by atoms with Gasteiger partial charge in [-0.25, -0.2) is 8.42 Å². The van der Waals surface area contributed by atoms with E-state index in [1.165, 1.54) is 37.3 Å². The zero-order chi connectivity index (χ0) is 31.9. The van der Waals surface area contributed by atoms with Crippen LogP contribution in [-0.4, -0.2) is 58.0 Å². The van der Waals surface area contributed by atoms with Crippen molar-refractivity contribution in [1.29, 1.82) is 0 Å². The van der Waals surface area contributed by atoms with Crippen LogP contribution in [0.5, 0.6) is 11.5 Å². The zero-order valence-corrected chi connectivity index (χ0v) is 27.3. The number of anilines is 1. The first-order valence-corrected chi connectivity index (χ1v) is 16.6. The molecule has 0 aliphatic heterocycles. The summed E-state index contributed by atoms with van der Waals surface area (Å²) in [7, 11) is -1.42. The van der Waals surface area contributed by atoms with E-state index in [2.05, 4.69) is 5.32 Å². The van der Waals surface area contributed by atoms with E-state index in [0.29, 0.717) is 27.8 Å². The summed E-state index contributed by atoms with van der Waals surface area (Å²) < 4.78 is 40.0. The molecule has 9 nitrogen and oxygen atoms in total. The number of hydrogen-bond acceptors (Lipinski definition) is 6. The first-order chi connectivity index (χ1) is 21.1. The molecule has 236 valence electrons. The summed E-state index contributed by atoms with van der Waals surface area (Å²) in [6, 6.07) is 16.8. The average molecular weight is 663 g/mol. The fourth-order valence-corrected chi connectivity index (χ4v) is 7.10. The minimum Gasteiger partial charge on any atom is -0.493 e. The Bertz CT molecular complexity index is 1570. The number of nitrogens with one attached hydrogen (secondary N) is 1. The summed E-state index contributed by atoms with van der Waals surface area (Å²) >= 11 is 12.4. The quantitative estimate of drug-likeness (QED) is 0.238. The molecule has 0 spiro atoms. The van der Waals surface area contributed by atoms with E-state index in [1.807, 2.05) is 6.92 Å². The van der Waals surface area contributed by atoms with Gasteiger partial charge in [0.15, 0.2) is 11.5 Å². The third-order valence-electron chi connectivity index (χ3n) is 7.69. The highest BCUT2D eigenvalue weighted by atomic mass is 35.5. The molecule has 0 unspecified atom stereocenters. The third-order valence-corrected chi connectivity index (χ3v) is 10.2. The molecule has 1 atom stereocenters. The Morgan fingerprint density at radius 3 is 2.23 bits per heavy atom. The van der Waals surface area contributed by atoms with Gasteiger partial charge in [-0.15, -0.1) is 0 Å². The number of para-hydroxylation sites is 1. The molecular weight excluding hydrogens is 625 g/mol. The first kappa shape index (κ1) is 33.4. The van der Waals surface area contributed by atoms with Gasteiger partial charge in [0.1, 0.15) is 12.6 Å². The van der Waals surface area contributed by atoms with Crippen molar-refractivity contribution >= 4 is 50.7 Å². The number of benzene rings is 3. The lowest BCUT2D eigenvalue weighted by Gasteiger charge is -2.34. The Morgan fingerprint density at radius 2 is 1.61 bits per heavy atom. The molecule has 1 N–H and O–H groups in total. The van der Waals surface area contributed by atoms with Crippen LogP contribution in [0.15, 0.2) is 71.6 Å².